The molecule has 10 heteroatoms. The van der Waals surface area contributed by atoms with E-state index in [1.54, 1.807) is 29.4 Å². The number of fused-ring (bicyclic) bond motifs is 3. The van der Waals surface area contributed by atoms with Crippen LogP contribution in [0.5, 0.6) is 0 Å². The van der Waals surface area contributed by atoms with Gasteiger partial charge in [-0.1, -0.05) is 44.2 Å². The molecule has 7 rings (SSSR count). The van der Waals surface area contributed by atoms with E-state index in [1.807, 2.05) is 49.1 Å². The summed E-state index contributed by atoms with van der Waals surface area (Å²) in [6.45, 7) is 5.68. The number of nitrogens with one attached hydrogen (secondary N) is 2. The summed E-state index contributed by atoms with van der Waals surface area (Å²) in [5.41, 5.74) is 0.469. The molecular formula is C30H35N5O5. The van der Waals surface area contributed by atoms with E-state index in [4.69, 9.17) is 4.74 Å². The number of aromatic nitrogens is 1. The second-order valence-electron chi connectivity index (χ2n) is 12.2. The first-order valence-corrected chi connectivity index (χ1v) is 13.8. The van der Waals surface area contributed by atoms with Crippen LogP contribution in [0.25, 0.3) is 0 Å². The van der Waals surface area contributed by atoms with Crippen molar-refractivity contribution in [3.05, 3.63) is 66.0 Å². The smallest absolute Gasteiger partial charge is 0.254 e. The number of likely N-dealkylation sites (N-methyl/N-ethyl adjacent to an activating group) is 1. The van der Waals surface area contributed by atoms with Crippen molar-refractivity contribution in [2.24, 2.45) is 28.6 Å². The van der Waals surface area contributed by atoms with Crippen molar-refractivity contribution in [2.75, 3.05) is 33.2 Å². The molecule has 1 saturated carbocycles. The topological polar surface area (TPSA) is 121 Å². The molecule has 4 aliphatic heterocycles. The van der Waals surface area contributed by atoms with Gasteiger partial charge >= 0.3 is 0 Å². The lowest BCUT2D eigenvalue weighted by molar-refractivity contribution is -0.151. The van der Waals surface area contributed by atoms with E-state index < -0.39 is 28.9 Å². The Labute approximate surface area is 233 Å². The molecule has 2 aromatic rings. The molecule has 2 bridgehead atoms. The van der Waals surface area contributed by atoms with Gasteiger partial charge < -0.3 is 25.2 Å². The number of pyridine rings is 1. The summed E-state index contributed by atoms with van der Waals surface area (Å²) < 4.78 is 6.42. The predicted molar refractivity (Wildman–Crippen MR) is 144 cm³/mol. The monoisotopic (exact) mass is 545 g/mol. The molecule has 1 unspecified atom stereocenters. The average molecular weight is 546 g/mol. The van der Waals surface area contributed by atoms with Crippen LogP contribution in [0.2, 0.25) is 0 Å². The lowest BCUT2D eigenvalue weighted by Crippen LogP contribution is -2.65. The van der Waals surface area contributed by atoms with E-state index in [9.17, 15) is 19.2 Å². The molecule has 4 amide bonds. The number of nitrogens with zero attached hydrogens (tertiary/aromatic N) is 3. The van der Waals surface area contributed by atoms with Gasteiger partial charge in [-0.15, -0.1) is 0 Å². The number of benzene rings is 1. The van der Waals surface area contributed by atoms with Crippen molar-refractivity contribution >= 4 is 23.6 Å². The Morgan fingerprint density at radius 3 is 2.45 bits per heavy atom. The molecule has 5 aliphatic rings. The zero-order valence-corrected chi connectivity index (χ0v) is 23.0. The Kier molecular flexibility index (Phi) is 6.40. The first-order chi connectivity index (χ1) is 19.2. The van der Waals surface area contributed by atoms with Crippen molar-refractivity contribution in [3.63, 3.8) is 0 Å². The fraction of sp³-hybridized carbons (Fsp3) is 0.500. The highest BCUT2D eigenvalue weighted by Gasteiger charge is 2.70. The highest BCUT2D eigenvalue weighted by atomic mass is 16.5. The molecule has 1 spiro atoms. The summed E-state index contributed by atoms with van der Waals surface area (Å²) in [6.07, 6.45) is 2.42. The quantitative estimate of drug-likeness (QED) is 0.580. The van der Waals surface area contributed by atoms with Crippen LogP contribution in [0.15, 0.2) is 54.9 Å². The predicted octanol–water partition coefficient (Wildman–Crippen LogP) is 1.08. The van der Waals surface area contributed by atoms with Crippen molar-refractivity contribution in [1.82, 2.24) is 25.4 Å². The first-order valence-electron chi connectivity index (χ1n) is 13.8. The molecule has 5 heterocycles. The molecule has 40 heavy (non-hydrogen) atoms. The molecule has 1 aliphatic carbocycles. The van der Waals surface area contributed by atoms with Crippen LogP contribution in [-0.4, -0.2) is 83.8 Å². The van der Waals surface area contributed by atoms with E-state index in [1.165, 1.54) is 7.05 Å². The lowest BCUT2D eigenvalue weighted by atomic mass is 9.71. The summed E-state index contributed by atoms with van der Waals surface area (Å²) in [5.74, 6) is -1.96. The van der Waals surface area contributed by atoms with Crippen LogP contribution in [0.1, 0.15) is 29.8 Å². The molecule has 210 valence electrons. The van der Waals surface area contributed by atoms with Crippen LogP contribution in [-0.2, 0) is 25.7 Å². The van der Waals surface area contributed by atoms with Crippen LogP contribution < -0.4 is 10.6 Å². The SMILES string of the molecule is CNC(=O)[C@H]1NC(=O)[C@@H]2CN(C(=O)c3ccncc3)CC23CN(C3)C(=O)[C@H]2C([C@H]1OCc1ccccc1)C2(C)C. The maximum absolute atomic E-state index is 14.0. The van der Waals surface area contributed by atoms with Gasteiger partial charge in [-0.05, 0) is 23.1 Å². The van der Waals surface area contributed by atoms with Gasteiger partial charge in [0.15, 0.2) is 0 Å². The number of likely N-dealkylation sites (tertiary alicyclic amines) is 1. The highest BCUT2D eigenvalue weighted by molar-refractivity contribution is 5.96. The second kappa shape index (κ2) is 9.69. The second-order valence-corrected chi connectivity index (χ2v) is 12.2. The fourth-order valence-corrected chi connectivity index (χ4v) is 7.19. The number of hydrogen-bond acceptors (Lipinski definition) is 6. The number of carbonyl (C=O) groups is 4. The van der Waals surface area contributed by atoms with Gasteiger partial charge in [0.2, 0.25) is 17.7 Å². The van der Waals surface area contributed by atoms with E-state index in [-0.39, 0.29) is 48.6 Å². The zero-order chi connectivity index (χ0) is 28.2. The Morgan fingerprint density at radius 2 is 1.77 bits per heavy atom. The van der Waals surface area contributed by atoms with Crippen LogP contribution in [0.4, 0.5) is 0 Å². The lowest BCUT2D eigenvalue weighted by Gasteiger charge is -2.50. The Balaban J connectivity index is 1.33. The summed E-state index contributed by atoms with van der Waals surface area (Å²) >= 11 is 0. The van der Waals surface area contributed by atoms with Gasteiger partial charge in [0.1, 0.15) is 6.04 Å². The third kappa shape index (κ3) is 4.25. The van der Waals surface area contributed by atoms with Gasteiger partial charge in [-0.25, -0.2) is 0 Å². The van der Waals surface area contributed by atoms with Crippen LogP contribution in [0, 0.1) is 28.6 Å². The summed E-state index contributed by atoms with van der Waals surface area (Å²) in [4.78, 5) is 61.9. The van der Waals surface area contributed by atoms with Gasteiger partial charge in [-0.3, -0.25) is 24.2 Å². The minimum Gasteiger partial charge on any atom is -0.371 e. The molecule has 1 aromatic carbocycles. The van der Waals surface area contributed by atoms with E-state index in [0.717, 1.165) is 5.56 Å². The molecule has 0 radical (unpaired) electrons. The highest BCUT2D eigenvalue weighted by Crippen LogP contribution is 2.63. The Hall–Kier alpha value is -3.79. The van der Waals surface area contributed by atoms with Gasteiger partial charge in [-0.2, -0.15) is 0 Å². The number of hydrogen-bond donors (Lipinski definition) is 2. The summed E-state index contributed by atoms with van der Waals surface area (Å²) in [7, 11) is 1.53. The molecule has 5 atom stereocenters. The van der Waals surface area contributed by atoms with Crippen molar-refractivity contribution in [3.8, 4) is 0 Å². The third-order valence-electron chi connectivity index (χ3n) is 9.47. The van der Waals surface area contributed by atoms with E-state index in [2.05, 4.69) is 15.6 Å². The number of amides is 4. The van der Waals surface area contributed by atoms with Crippen molar-refractivity contribution < 1.29 is 23.9 Å². The third-order valence-corrected chi connectivity index (χ3v) is 9.47. The summed E-state index contributed by atoms with van der Waals surface area (Å²) in [5, 5.41) is 5.72. The minimum absolute atomic E-state index is 0.0246. The Bertz CT molecular complexity index is 1330. The minimum atomic E-state index is -0.990. The maximum atomic E-state index is 14.0. The number of carbonyl (C=O) groups excluding carboxylic acids is 4. The largest absolute Gasteiger partial charge is 0.371 e. The van der Waals surface area contributed by atoms with Gasteiger partial charge in [0.25, 0.3) is 5.91 Å². The van der Waals surface area contributed by atoms with Gasteiger partial charge in [0.05, 0.1) is 18.6 Å². The molecule has 5 fully saturated rings. The summed E-state index contributed by atoms with van der Waals surface area (Å²) in [6, 6.07) is 12.0. The molecule has 1 aromatic heterocycles. The van der Waals surface area contributed by atoms with Crippen LogP contribution in [0.3, 0.4) is 0 Å². The van der Waals surface area contributed by atoms with E-state index >= 15 is 0 Å². The molecule has 4 saturated heterocycles. The zero-order valence-electron chi connectivity index (χ0n) is 23.0. The number of rotatable bonds is 5. The molecular weight excluding hydrogens is 510 g/mol. The Morgan fingerprint density at radius 1 is 1.07 bits per heavy atom. The number of ether oxygens (including phenoxy) is 1. The van der Waals surface area contributed by atoms with Crippen LogP contribution >= 0.6 is 0 Å². The average Bonchev–Trinajstić information content (AvgIpc) is 3.30. The van der Waals surface area contributed by atoms with Gasteiger partial charge in [0, 0.05) is 68.4 Å². The van der Waals surface area contributed by atoms with Crippen molar-refractivity contribution in [2.45, 2.75) is 32.6 Å². The molecule has 2 N–H and O–H groups in total. The maximum Gasteiger partial charge on any atom is 0.254 e. The molecule has 10 nitrogen and oxygen atoms in total. The standard InChI is InChI=1S/C30H35N5O5/c1-29(2)21-22(29)28(39)35-16-30(17-35)15-34(27(38)19-9-11-32-12-10-19)13-20(30)25(36)33-23(26(37)31-3)24(21)40-14-18-7-5-4-6-8-18/h4-12,20-24H,13-17H2,1-3H3,(H,31,37)(H,33,36)/t20-,21?,22+,23-,24+/m0/s1. The normalized spacial score (nSPS) is 29.7. The van der Waals surface area contributed by atoms with E-state index in [0.29, 0.717) is 25.2 Å². The fourth-order valence-electron chi connectivity index (χ4n) is 7.19. The van der Waals surface area contributed by atoms with Crippen molar-refractivity contribution in [1.29, 1.82) is 0 Å². The first kappa shape index (κ1) is 26.4.